The van der Waals surface area contributed by atoms with Gasteiger partial charge in [0.1, 0.15) is 0 Å². The molecule has 1 N–H and O–H groups in total. The SMILES string of the molecule is Cc1cccc(-c2noc(CCC(=O)N3C[C@H]4C[C@@H](N(C)C)[C@H](O)C[C@H]4C3)n2)c1. The molecule has 2 fully saturated rings. The number of rotatable bonds is 5. The molecule has 0 unspecified atom stereocenters. The Morgan fingerprint density at radius 2 is 2.03 bits per heavy atom. The summed E-state index contributed by atoms with van der Waals surface area (Å²) < 4.78 is 5.35. The third kappa shape index (κ3) is 4.36. The molecule has 2 aromatic rings. The molecule has 4 rings (SSSR count). The van der Waals surface area contributed by atoms with Crippen molar-refractivity contribution < 1.29 is 14.4 Å². The van der Waals surface area contributed by atoms with Crippen LogP contribution in [0.1, 0.15) is 30.7 Å². The third-order valence-corrected chi connectivity index (χ3v) is 6.42. The Morgan fingerprint density at radius 3 is 2.76 bits per heavy atom. The molecule has 0 spiro atoms. The quantitative estimate of drug-likeness (QED) is 0.831. The molecule has 29 heavy (non-hydrogen) atoms. The molecule has 1 aliphatic heterocycles. The second-order valence-corrected chi connectivity index (χ2v) is 8.77. The molecule has 4 atom stereocenters. The number of fused-ring (bicyclic) bond motifs is 1. The lowest BCUT2D eigenvalue weighted by Crippen LogP contribution is -2.46. The highest BCUT2D eigenvalue weighted by molar-refractivity contribution is 5.76. The number of hydrogen-bond acceptors (Lipinski definition) is 6. The first-order valence-electron chi connectivity index (χ1n) is 10.4. The van der Waals surface area contributed by atoms with Crippen LogP contribution in [0, 0.1) is 18.8 Å². The highest BCUT2D eigenvalue weighted by Crippen LogP contribution is 2.38. The molecular weight excluding hydrogens is 368 g/mol. The third-order valence-electron chi connectivity index (χ3n) is 6.42. The van der Waals surface area contributed by atoms with Crippen LogP contribution in [0.15, 0.2) is 28.8 Å². The van der Waals surface area contributed by atoms with E-state index in [0.29, 0.717) is 36.4 Å². The van der Waals surface area contributed by atoms with Gasteiger partial charge in [0.15, 0.2) is 0 Å². The standard InChI is InChI=1S/C22H30N4O3/c1-14-5-4-6-15(9-14)22-23-20(29-24-22)7-8-21(28)26-12-16-10-18(25(2)3)19(27)11-17(16)13-26/h4-6,9,16-19,27H,7-8,10-13H2,1-3H3/t16-,17+,18-,19-/m1/s1. The smallest absolute Gasteiger partial charge is 0.227 e. The van der Waals surface area contributed by atoms with E-state index < -0.39 is 0 Å². The summed E-state index contributed by atoms with van der Waals surface area (Å²) in [6.45, 7) is 3.56. The highest BCUT2D eigenvalue weighted by Gasteiger charge is 2.43. The van der Waals surface area contributed by atoms with Crippen molar-refractivity contribution in [3.05, 3.63) is 35.7 Å². The van der Waals surface area contributed by atoms with Crippen molar-refractivity contribution in [2.45, 2.75) is 44.8 Å². The number of benzene rings is 1. The number of carbonyl (C=O) groups is 1. The van der Waals surface area contributed by atoms with Gasteiger partial charge in [-0.3, -0.25) is 4.79 Å². The minimum Gasteiger partial charge on any atom is -0.391 e. The summed E-state index contributed by atoms with van der Waals surface area (Å²) in [7, 11) is 4.03. The molecular formula is C22H30N4O3. The van der Waals surface area contributed by atoms with Crippen molar-refractivity contribution in [1.82, 2.24) is 19.9 Å². The second-order valence-electron chi connectivity index (χ2n) is 8.77. The average molecular weight is 399 g/mol. The fourth-order valence-corrected chi connectivity index (χ4v) is 4.80. The zero-order chi connectivity index (χ0) is 20.5. The van der Waals surface area contributed by atoms with Gasteiger partial charge in [-0.25, -0.2) is 0 Å². The van der Waals surface area contributed by atoms with Crippen molar-refractivity contribution >= 4 is 5.91 Å². The maximum absolute atomic E-state index is 12.7. The van der Waals surface area contributed by atoms with Gasteiger partial charge in [0.25, 0.3) is 0 Å². The maximum atomic E-state index is 12.7. The van der Waals surface area contributed by atoms with Crippen molar-refractivity contribution in [3.8, 4) is 11.4 Å². The molecule has 0 bridgehead atoms. The maximum Gasteiger partial charge on any atom is 0.227 e. The lowest BCUT2D eigenvalue weighted by Gasteiger charge is -2.38. The molecule has 7 heteroatoms. The Balaban J connectivity index is 1.32. The number of aliphatic hydroxyl groups is 1. The number of aryl methyl sites for hydroxylation is 2. The van der Waals surface area contributed by atoms with Gasteiger partial charge in [-0.1, -0.05) is 28.9 Å². The first-order valence-corrected chi connectivity index (χ1v) is 10.4. The van der Waals surface area contributed by atoms with Gasteiger partial charge in [0.2, 0.25) is 17.6 Å². The van der Waals surface area contributed by atoms with Crippen LogP contribution in [0.25, 0.3) is 11.4 Å². The van der Waals surface area contributed by atoms with Crippen LogP contribution < -0.4 is 0 Å². The van der Waals surface area contributed by atoms with Crippen LogP contribution in [0.4, 0.5) is 0 Å². The van der Waals surface area contributed by atoms with E-state index in [4.69, 9.17) is 4.52 Å². The van der Waals surface area contributed by atoms with Crippen molar-refractivity contribution in [1.29, 1.82) is 0 Å². The summed E-state index contributed by atoms with van der Waals surface area (Å²) in [5.41, 5.74) is 2.06. The van der Waals surface area contributed by atoms with Crippen LogP contribution >= 0.6 is 0 Å². The van der Waals surface area contributed by atoms with Crippen LogP contribution in [0.5, 0.6) is 0 Å². The molecule has 1 aromatic carbocycles. The Bertz CT molecular complexity index is 865. The second kappa shape index (κ2) is 8.24. The van der Waals surface area contributed by atoms with Gasteiger partial charge in [-0.2, -0.15) is 4.98 Å². The topological polar surface area (TPSA) is 82.7 Å². The van der Waals surface area contributed by atoms with E-state index in [0.717, 1.165) is 37.1 Å². The first-order chi connectivity index (χ1) is 13.9. The van der Waals surface area contributed by atoms with E-state index in [1.165, 1.54) is 0 Å². The fourth-order valence-electron chi connectivity index (χ4n) is 4.80. The summed E-state index contributed by atoms with van der Waals surface area (Å²) in [4.78, 5) is 21.2. The largest absolute Gasteiger partial charge is 0.391 e. The zero-order valence-corrected chi connectivity index (χ0v) is 17.4. The number of likely N-dealkylation sites (N-methyl/N-ethyl adjacent to an activating group) is 1. The molecule has 156 valence electrons. The number of nitrogens with zero attached hydrogens (tertiary/aromatic N) is 4. The summed E-state index contributed by atoms with van der Waals surface area (Å²) in [6, 6.07) is 8.14. The van der Waals surface area contributed by atoms with E-state index in [-0.39, 0.29) is 18.1 Å². The Labute approximate surface area is 171 Å². The summed E-state index contributed by atoms with van der Waals surface area (Å²) in [6.07, 6.45) is 2.24. The van der Waals surface area contributed by atoms with Crippen molar-refractivity contribution in [2.24, 2.45) is 11.8 Å². The van der Waals surface area contributed by atoms with E-state index >= 15 is 0 Å². The molecule has 1 aromatic heterocycles. The highest BCUT2D eigenvalue weighted by atomic mass is 16.5. The molecule has 0 radical (unpaired) electrons. The minimum atomic E-state index is -0.306. The number of aromatic nitrogens is 2. The Hall–Kier alpha value is -2.25. The number of likely N-dealkylation sites (tertiary alicyclic amines) is 1. The molecule has 2 heterocycles. The molecule has 2 aliphatic rings. The fraction of sp³-hybridized carbons (Fsp3) is 0.591. The minimum absolute atomic E-state index is 0.130. The Morgan fingerprint density at radius 1 is 1.28 bits per heavy atom. The molecule has 1 amide bonds. The zero-order valence-electron chi connectivity index (χ0n) is 17.4. The first kappa shape index (κ1) is 20.0. The number of hydrogen-bond donors (Lipinski definition) is 1. The van der Waals surface area contributed by atoms with E-state index in [2.05, 4.69) is 15.0 Å². The van der Waals surface area contributed by atoms with E-state index in [1.807, 2.05) is 50.2 Å². The summed E-state index contributed by atoms with van der Waals surface area (Å²) in [5.74, 6) is 2.07. The van der Waals surface area contributed by atoms with Gasteiger partial charge in [-0.05, 0) is 51.8 Å². The van der Waals surface area contributed by atoms with Crippen LogP contribution in [-0.4, -0.2) is 70.3 Å². The van der Waals surface area contributed by atoms with Gasteiger partial charge in [0, 0.05) is 37.5 Å². The van der Waals surface area contributed by atoms with Gasteiger partial charge < -0.3 is 19.4 Å². The normalized spacial score (nSPS) is 26.7. The van der Waals surface area contributed by atoms with E-state index in [1.54, 1.807) is 0 Å². The number of aliphatic hydroxyl groups excluding tert-OH is 1. The van der Waals surface area contributed by atoms with E-state index in [9.17, 15) is 9.90 Å². The molecule has 1 saturated heterocycles. The van der Waals surface area contributed by atoms with Gasteiger partial charge in [-0.15, -0.1) is 0 Å². The lowest BCUT2D eigenvalue weighted by molar-refractivity contribution is -0.130. The predicted octanol–water partition coefficient (Wildman–Crippen LogP) is 2.14. The van der Waals surface area contributed by atoms with Crippen molar-refractivity contribution in [3.63, 3.8) is 0 Å². The lowest BCUT2D eigenvalue weighted by atomic mass is 9.77. The van der Waals surface area contributed by atoms with Crippen LogP contribution in [0.2, 0.25) is 0 Å². The molecule has 1 saturated carbocycles. The summed E-state index contributed by atoms with van der Waals surface area (Å²) in [5, 5.41) is 14.5. The van der Waals surface area contributed by atoms with Crippen LogP contribution in [-0.2, 0) is 11.2 Å². The number of amides is 1. The number of carbonyl (C=O) groups excluding carboxylic acids is 1. The van der Waals surface area contributed by atoms with Crippen molar-refractivity contribution in [2.75, 3.05) is 27.2 Å². The Kier molecular flexibility index (Phi) is 5.69. The molecule has 1 aliphatic carbocycles. The van der Waals surface area contributed by atoms with Crippen LogP contribution in [0.3, 0.4) is 0 Å². The molecule has 7 nitrogen and oxygen atoms in total. The van der Waals surface area contributed by atoms with Gasteiger partial charge >= 0.3 is 0 Å². The average Bonchev–Trinajstić information content (AvgIpc) is 3.32. The van der Waals surface area contributed by atoms with Gasteiger partial charge in [0.05, 0.1) is 6.10 Å². The summed E-state index contributed by atoms with van der Waals surface area (Å²) >= 11 is 0. The predicted molar refractivity (Wildman–Crippen MR) is 109 cm³/mol. The monoisotopic (exact) mass is 398 g/mol.